The first-order valence-electron chi connectivity index (χ1n) is 15.9. The van der Waals surface area contributed by atoms with Gasteiger partial charge in [-0.05, 0) is 79.1 Å². The van der Waals surface area contributed by atoms with Gasteiger partial charge in [-0.15, -0.1) is 0 Å². The van der Waals surface area contributed by atoms with Crippen molar-refractivity contribution in [3.63, 3.8) is 0 Å². The number of alkyl halides is 5. The number of carbonyl (C=O) groups is 2. The van der Waals surface area contributed by atoms with Crippen LogP contribution < -0.4 is 9.47 Å². The number of phenols is 2. The lowest BCUT2D eigenvalue weighted by atomic mass is 9.66. The van der Waals surface area contributed by atoms with Gasteiger partial charge in [0, 0.05) is 29.7 Å². The molecule has 0 amide bonds. The number of carboxylic acid groups (broad SMARTS) is 2. The highest BCUT2D eigenvalue weighted by Crippen LogP contribution is 2.50. The number of unbranched alkanes of at least 4 members (excludes halogenated alkanes) is 1. The smallest absolute Gasteiger partial charge is 0.453 e. The number of benzene rings is 3. The molecule has 49 heavy (non-hydrogen) atoms. The molecule has 0 fully saturated rings. The second-order valence-corrected chi connectivity index (χ2v) is 12.7. The molecule has 1 heterocycles. The number of ether oxygens (including phenoxy) is 2. The van der Waals surface area contributed by atoms with E-state index >= 15 is 0 Å². The molecule has 0 spiro atoms. The van der Waals surface area contributed by atoms with Crippen LogP contribution in [0.15, 0.2) is 66.7 Å². The fourth-order valence-electron chi connectivity index (χ4n) is 6.42. The monoisotopic (exact) mass is 694 g/mol. The fraction of sp³-hybridized carbons (Fsp3) is 0.444. The number of rotatable bonds is 16. The maximum absolute atomic E-state index is 13.4. The molecule has 0 aromatic heterocycles. The SMILES string of the molecule is CC1(c2ccc(O)cc2)COc2cc(O)ccc2C1CCCCc1ccc(OCC(CCCC(F)(F)C(F)(F)F)C(C(=O)O)C(=O)O)cc1. The quantitative estimate of drug-likeness (QED) is 0.0672. The summed E-state index contributed by atoms with van der Waals surface area (Å²) in [5, 5.41) is 38.6. The van der Waals surface area contributed by atoms with Crippen molar-refractivity contribution >= 4 is 11.9 Å². The number of halogens is 5. The summed E-state index contributed by atoms with van der Waals surface area (Å²) in [6, 6.07) is 19.0. The normalized spacial score (nSPS) is 18.4. The average molecular weight is 695 g/mol. The number of aryl methyl sites for hydroxylation is 1. The van der Waals surface area contributed by atoms with Gasteiger partial charge in [0.15, 0.2) is 5.92 Å². The lowest BCUT2D eigenvalue weighted by molar-refractivity contribution is -0.284. The molecule has 0 saturated carbocycles. The maximum Gasteiger partial charge on any atom is 0.453 e. The molecule has 3 atom stereocenters. The standard InChI is InChI=1S/C36H39F5O8/c1-34(24-10-12-25(42)13-11-24)21-49-30-19-26(43)14-17-28(30)29(34)7-3-2-5-22-8-15-27(16-9-22)48-20-23(31(32(44)45)33(46)47)6-4-18-35(37,38)36(39,40)41/h8-17,19,23,29,31,42-43H,2-7,18,20-21H2,1H3,(H,44,45)(H,46,47). The molecule has 3 unspecified atom stereocenters. The summed E-state index contributed by atoms with van der Waals surface area (Å²) in [4.78, 5) is 23.2. The van der Waals surface area contributed by atoms with Crippen LogP contribution >= 0.6 is 0 Å². The summed E-state index contributed by atoms with van der Waals surface area (Å²) >= 11 is 0. The van der Waals surface area contributed by atoms with E-state index < -0.39 is 67.2 Å². The molecular formula is C36H39F5O8. The number of aromatic hydroxyl groups is 2. The Labute approximate surface area is 280 Å². The van der Waals surface area contributed by atoms with E-state index in [1.807, 2.05) is 18.2 Å². The fourth-order valence-corrected chi connectivity index (χ4v) is 6.42. The van der Waals surface area contributed by atoms with Crippen molar-refractivity contribution < 1.29 is 61.4 Å². The Hall–Kier alpha value is -4.55. The van der Waals surface area contributed by atoms with E-state index in [1.54, 1.807) is 48.5 Å². The Morgan fingerprint density at radius 3 is 2.14 bits per heavy atom. The van der Waals surface area contributed by atoms with E-state index in [-0.39, 0.29) is 23.2 Å². The van der Waals surface area contributed by atoms with E-state index in [1.165, 1.54) is 0 Å². The molecular weight excluding hydrogens is 655 g/mol. The van der Waals surface area contributed by atoms with Crippen molar-refractivity contribution in [3.8, 4) is 23.0 Å². The van der Waals surface area contributed by atoms with E-state index in [0.29, 0.717) is 18.8 Å². The second kappa shape index (κ2) is 15.3. The summed E-state index contributed by atoms with van der Waals surface area (Å²) in [6.45, 7) is 2.00. The van der Waals surface area contributed by atoms with E-state index in [4.69, 9.17) is 9.47 Å². The maximum atomic E-state index is 13.4. The molecule has 0 bridgehead atoms. The van der Waals surface area contributed by atoms with Crippen molar-refractivity contribution in [2.45, 2.75) is 75.3 Å². The van der Waals surface area contributed by atoms with Gasteiger partial charge in [-0.25, -0.2) is 0 Å². The molecule has 0 aliphatic carbocycles. The first-order valence-corrected chi connectivity index (χ1v) is 15.9. The third-order valence-corrected chi connectivity index (χ3v) is 9.28. The summed E-state index contributed by atoms with van der Waals surface area (Å²) in [6.07, 6.45) is -5.48. The highest BCUT2D eigenvalue weighted by Gasteiger charge is 2.56. The van der Waals surface area contributed by atoms with Gasteiger partial charge in [0.25, 0.3) is 0 Å². The summed E-state index contributed by atoms with van der Waals surface area (Å²) in [5.41, 5.74) is 2.57. The molecule has 1 aliphatic heterocycles. The van der Waals surface area contributed by atoms with E-state index in [2.05, 4.69) is 6.92 Å². The molecule has 3 aromatic rings. The topological polar surface area (TPSA) is 134 Å². The average Bonchev–Trinajstić information content (AvgIpc) is 3.02. The van der Waals surface area contributed by atoms with Gasteiger partial charge in [0.2, 0.25) is 0 Å². The molecule has 4 N–H and O–H groups in total. The van der Waals surface area contributed by atoms with Crippen LogP contribution in [0.2, 0.25) is 0 Å². The predicted octanol–water partition coefficient (Wildman–Crippen LogP) is 8.09. The zero-order chi connectivity index (χ0) is 36.0. The summed E-state index contributed by atoms with van der Waals surface area (Å²) < 4.78 is 76.1. The highest BCUT2D eigenvalue weighted by molar-refractivity contribution is 5.93. The largest absolute Gasteiger partial charge is 0.508 e. The number of fused-ring (bicyclic) bond motifs is 1. The zero-order valence-corrected chi connectivity index (χ0v) is 26.8. The molecule has 8 nitrogen and oxygen atoms in total. The molecule has 0 saturated heterocycles. The Balaban J connectivity index is 1.36. The molecule has 3 aromatic carbocycles. The van der Waals surface area contributed by atoms with Gasteiger partial charge in [0.1, 0.15) is 23.0 Å². The van der Waals surface area contributed by atoms with Crippen molar-refractivity contribution in [2.24, 2.45) is 11.8 Å². The van der Waals surface area contributed by atoms with Crippen molar-refractivity contribution in [1.82, 2.24) is 0 Å². The third-order valence-electron chi connectivity index (χ3n) is 9.28. The van der Waals surface area contributed by atoms with E-state index in [9.17, 15) is 52.0 Å². The molecule has 4 rings (SSSR count). The van der Waals surface area contributed by atoms with Crippen LogP contribution in [0.3, 0.4) is 0 Å². The van der Waals surface area contributed by atoms with Gasteiger partial charge in [0.05, 0.1) is 13.2 Å². The predicted molar refractivity (Wildman–Crippen MR) is 168 cm³/mol. The minimum absolute atomic E-state index is 0.0604. The molecule has 1 aliphatic rings. The van der Waals surface area contributed by atoms with Gasteiger partial charge >= 0.3 is 24.0 Å². The van der Waals surface area contributed by atoms with Crippen LogP contribution in [-0.4, -0.2) is 57.7 Å². The van der Waals surface area contributed by atoms with Crippen LogP contribution in [-0.2, 0) is 21.4 Å². The van der Waals surface area contributed by atoms with Crippen LogP contribution in [0.1, 0.15) is 68.1 Å². The Morgan fingerprint density at radius 2 is 1.53 bits per heavy atom. The number of hydrogen-bond acceptors (Lipinski definition) is 6. The lowest BCUT2D eigenvalue weighted by Crippen LogP contribution is -2.40. The second-order valence-electron chi connectivity index (χ2n) is 12.7. The van der Waals surface area contributed by atoms with Gasteiger partial charge in [-0.2, -0.15) is 22.0 Å². The Morgan fingerprint density at radius 1 is 0.898 bits per heavy atom. The number of hydrogen-bond donors (Lipinski definition) is 4. The molecule has 13 heteroatoms. The van der Waals surface area contributed by atoms with Gasteiger partial charge in [-0.3, -0.25) is 9.59 Å². The Kier molecular flexibility index (Phi) is 11.7. The van der Waals surface area contributed by atoms with Gasteiger partial charge in [-0.1, -0.05) is 43.7 Å². The zero-order valence-electron chi connectivity index (χ0n) is 26.8. The van der Waals surface area contributed by atoms with Crippen LogP contribution in [0.5, 0.6) is 23.0 Å². The highest BCUT2D eigenvalue weighted by atomic mass is 19.4. The van der Waals surface area contributed by atoms with E-state index in [0.717, 1.165) is 36.0 Å². The molecule has 266 valence electrons. The number of aliphatic carboxylic acids is 2. The van der Waals surface area contributed by atoms with Crippen LogP contribution in [0.25, 0.3) is 0 Å². The minimum Gasteiger partial charge on any atom is -0.508 e. The van der Waals surface area contributed by atoms with Crippen molar-refractivity contribution in [2.75, 3.05) is 13.2 Å². The van der Waals surface area contributed by atoms with Crippen LogP contribution in [0.4, 0.5) is 22.0 Å². The summed E-state index contributed by atoms with van der Waals surface area (Å²) in [7, 11) is 0. The number of carboxylic acids is 2. The molecule has 0 radical (unpaired) electrons. The van der Waals surface area contributed by atoms with Crippen molar-refractivity contribution in [3.05, 3.63) is 83.4 Å². The first-order chi connectivity index (χ1) is 23.0. The third kappa shape index (κ3) is 9.12. The summed E-state index contributed by atoms with van der Waals surface area (Å²) in [5.74, 6) is -10.6. The van der Waals surface area contributed by atoms with Gasteiger partial charge < -0.3 is 29.9 Å². The number of phenolic OH excluding ortho intramolecular Hbond substituents is 2. The van der Waals surface area contributed by atoms with Crippen molar-refractivity contribution in [1.29, 1.82) is 0 Å². The van der Waals surface area contributed by atoms with Crippen LogP contribution in [0, 0.1) is 11.8 Å². The minimum atomic E-state index is -5.77. The lowest BCUT2D eigenvalue weighted by Gasteiger charge is -2.43. The Bertz CT molecular complexity index is 1560. The first kappa shape index (κ1) is 37.3.